The second-order valence-electron chi connectivity index (χ2n) is 5.81. The zero-order valence-corrected chi connectivity index (χ0v) is 13.1. The third kappa shape index (κ3) is 4.18. The molecule has 1 aromatic heterocycles. The summed E-state index contributed by atoms with van der Waals surface area (Å²) in [6.07, 6.45) is 3.62. The second-order valence-corrected chi connectivity index (χ2v) is 5.81. The molecule has 1 saturated heterocycles. The van der Waals surface area contributed by atoms with Crippen LogP contribution in [0.15, 0.2) is 18.2 Å². The average molecular weight is 276 g/mol. The summed E-state index contributed by atoms with van der Waals surface area (Å²) >= 11 is 0. The summed E-state index contributed by atoms with van der Waals surface area (Å²) in [5.74, 6) is 1.11. The van der Waals surface area contributed by atoms with Gasteiger partial charge in [-0.2, -0.15) is 0 Å². The summed E-state index contributed by atoms with van der Waals surface area (Å²) in [7, 11) is 4.38. The van der Waals surface area contributed by atoms with Crippen molar-refractivity contribution in [3.05, 3.63) is 23.9 Å². The molecule has 0 aliphatic carbocycles. The van der Waals surface area contributed by atoms with Crippen molar-refractivity contribution in [3.8, 4) is 0 Å². The van der Waals surface area contributed by atoms with Crippen molar-refractivity contribution in [1.29, 1.82) is 0 Å². The van der Waals surface area contributed by atoms with E-state index in [2.05, 4.69) is 54.3 Å². The molecule has 1 N–H and O–H groups in total. The zero-order valence-electron chi connectivity index (χ0n) is 13.1. The summed E-state index contributed by atoms with van der Waals surface area (Å²) in [6.45, 7) is 6.48. The number of aromatic nitrogens is 1. The van der Waals surface area contributed by atoms with Crippen LogP contribution in [0.2, 0.25) is 0 Å². The van der Waals surface area contributed by atoms with Gasteiger partial charge in [-0.25, -0.2) is 4.98 Å². The van der Waals surface area contributed by atoms with Crippen LogP contribution in [-0.2, 0) is 6.54 Å². The normalized spacial score (nSPS) is 17.4. The summed E-state index contributed by atoms with van der Waals surface area (Å²) in [5, 5.41) is 3.42. The highest BCUT2D eigenvalue weighted by Crippen LogP contribution is 2.20. The fourth-order valence-corrected chi connectivity index (χ4v) is 2.72. The van der Waals surface area contributed by atoms with Crippen LogP contribution in [0.1, 0.15) is 31.9 Å². The number of pyridine rings is 1. The quantitative estimate of drug-likeness (QED) is 0.806. The Morgan fingerprint density at radius 2 is 2.10 bits per heavy atom. The van der Waals surface area contributed by atoms with Gasteiger partial charge in [0.15, 0.2) is 0 Å². The lowest BCUT2D eigenvalue weighted by atomic mass is 10.0. The SMILES string of the molecule is CCCNCc1cccc(N(C)C2CCN(C)CC2)n1. The van der Waals surface area contributed by atoms with Crippen molar-refractivity contribution in [2.45, 2.75) is 38.8 Å². The molecule has 112 valence electrons. The molecule has 1 aliphatic rings. The highest BCUT2D eigenvalue weighted by atomic mass is 15.2. The van der Waals surface area contributed by atoms with Gasteiger partial charge in [0.05, 0.1) is 5.69 Å². The lowest BCUT2D eigenvalue weighted by Crippen LogP contribution is -2.42. The molecule has 4 nitrogen and oxygen atoms in total. The minimum atomic E-state index is 0.623. The number of rotatable bonds is 6. The van der Waals surface area contributed by atoms with Crippen LogP contribution in [0.5, 0.6) is 0 Å². The minimum Gasteiger partial charge on any atom is -0.357 e. The Morgan fingerprint density at radius 3 is 2.80 bits per heavy atom. The molecule has 1 aromatic rings. The smallest absolute Gasteiger partial charge is 0.128 e. The number of nitrogens with one attached hydrogen (secondary N) is 1. The van der Waals surface area contributed by atoms with Gasteiger partial charge >= 0.3 is 0 Å². The van der Waals surface area contributed by atoms with Gasteiger partial charge in [-0.15, -0.1) is 0 Å². The maximum Gasteiger partial charge on any atom is 0.128 e. The lowest BCUT2D eigenvalue weighted by molar-refractivity contribution is 0.252. The molecule has 1 fully saturated rings. The molecule has 4 heteroatoms. The first-order valence-corrected chi connectivity index (χ1v) is 7.78. The third-order valence-electron chi connectivity index (χ3n) is 4.12. The molecule has 2 rings (SSSR count). The third-order valence-corrected chi connectivity index (χ3v) is 4.12. The Balaban J connectivity index is 1.95. The molecule has 1 aliphatic heterocycles. The van der Waals surface area contributed by atoms with E-state index in [1.54, 1.807) is 0 Å². The van der Waals surface area contributed by atoms with E-state index in [0.717, 1.165) is 31.0 Å². The number of hydrogen-bond donors (Lipinski definition) is 1. The van der Waals surface area contributed by atoms with Crippen LogP contribution >= 0.6 is 0 Å². The van der Waals surface area contributed by atoms with Crippen LogP contribution < -0.4 is 10.2 Å². The Kier molecular flexibility index (Phi) is 5.80. The molecule has 0 amide bonds. The van der Waals surface area contributed by atoms with Gasteiger partial charge in [-0.05, 0) is 58.1 Å². The molecule has 0 atom stereocenters. The van der Waals surface area contributed by atoms with E-state index >= 15 is 0 Å². The molecule has 20 heavy (non-hydrogen) atoms. The topological polar surface area (TPSA) is 31.4 Å². The largest absolute Gasteiger partial charge is 0.357 e. The molecular formula is C16H28N4. The lowest BCUT2D eigenvalue weighted by Gasteiger charge is -2.35. The standard InChI is InChI=1S/C16H28N4/c1-4-10-17-13-14-6-5-7-16(18-14)20(3)15-8-11-19(2)12-9-15/h5-7,15,17H,4,8-13H2,1-3H3. The molecule has 0 aromatic carbocycles. The summed E-state index contributed by atoms with van der Waals surface area (Å²) in [6, 6.07) is 6.98. The van der Waals surface area contributed by atoms with Crippen molar-refractivity contribution >= 4 is 5.82 Å². The predicted molar refractivity (Wildman–Crippen MR) is 85.2 cm³/mol. The molecule has 0 radical (unpaired) electrons. The van der Waals surface area contributed by atoms with Crippen molar-refractivity contribution in [2.75, 3.05) is 38.6 Å². The highest BCUT2D eigenvalue weighted by molar-refractivity contribution is 5.39. The Bertz CT molecular complexity index is 399. The summed E-state index contributed by atoms with van der Waals surface area (Å²) in [5.41, 5.74) is 1.13. The van der Waals surface area contributed by atoms with Crippen LogP contribution in [0.25, 0.3) is 0 Å². The highest BCUT2D eigenvalue weighted by Gasteiger charge is 2.21. The monoisotopic (exact) mass is 276 g/mol. The van der Waals surface area contributed by atoms with E-state index in [1.165, 1.54) is 25.9 Å². The van der Waals surface area contributed by atoms with Crippen LogP contribution in [0, 0.1) is 0 Å². The predicted octanol–water partition coefficient (Wildman–Crippen LogP) is 2.11. The molecular weight excluding hydrogens is 248 g/mol. The van der Waals surface area contributed by atoms with Crippen LogP contribution in [0.4, 0.5) is 5.82 Å². The van der Waals surface area contributed by atoms with Gasteiger partial charge in [0.2, 0.25) is 0 Å². The molecule has 0 spiro atoms. The van der Waals surface area contributed by atoms with E-state index in [9.17, 15) is 0 Å². The number of piperidine rings is 1. The summed E-state index contributed by atoms with van der Waals surface area (Å²) < 4.78 is 0. The number of hydrogen-bond acceptors (Lipinski definition) is 4. The van der Waals surface area contributed by atoms with Gasteiger partial charge in [-0.3, -0.25) is 0 Å². The van der Waals surface area contributed by atoms with E-state index < -0.39 is 0 Å². The van der Waals surface area contributed by atoms with Crippen molar-refractivity contribution < 1.29 is 0 Å². The Hall–Kier alpha value is -1.13. The first-order valence-electron chi connectivity index (χ1n) is 7.78. The summed E-state index contributed by atoms with van der Waals surface area (Å²) in [4.78, 5) is 9.55. The second kappa shape index (κ2) is 7.60. The molecule has 2 heterocycles. The van der Waals surface area contributed by atoms with E-state index in [-0.39, 0.29) is 0 Å². The zero-order chi connectivity index (χ0) is 14.4. The molecule has 0 unspecified atom stereocenters. The van der Waals surface area contributed by atoms with E-state index in [1.807, 2.05) is 0 Å². The fraction of sp³-hybridized carbons (Fsp3) is 0.688. The van der Waals surface area contributed by atoms with Crippen molar-refractivity contribution in [1.82, 2.24) is 15.2 Å². The van der Waals surface area contributed by atoms with Crippen LogP contribution in [0.3, 0.4) is 0 Å². The van der Waals surface area contributed by atoms with E-state index in [4.69, 9.17) is 4.98 Å². The molecule has 0 bridgehead atoms. The number of nitrogens with zero attached hydrogens (tertiary/aromatic N) is 3. The van der Waals surface area contributed by atoms with Crippen molar-refractivity contribution in [2.24, 2.45) is 0 Å². The molecule has 0 saturated carbocycles. The number of anilines is 1. The van der Waals surface area contributed by atoms with Crippen LogP contribution in [-0.4, -0.2) is 49.7 Å². The average Bonchev–Trinajstić information content (AvgIpc) is 2.48. The first kappa shape index (κ1) is 15.3. The van der Waals surface area contributed by atoms with Gasteiger partial charge in [0, 0.05) is 19.6 Å². The van der Waals surface area contributed by atoms with Gasteiger partial charge in [-0.1, -0.05) is 13.0 Å². The Labute approximate surface area is 123 Å². The van der Waals surface area contributed by atoms with E-state index in [0.29, 0.717) is 6.04 Å². The first-order chi connectivity index (χ1) is 9.70. The van der Waals surface area contributed by atoms with Gasteiger partial charge < -0.3 is 15.1 Å². The Morgan fingerprint density at radius 1 is 1.35 bits per heavy atom. The fourth-order valence-electron chi connectivity index (χ4n) is 2.72. The number of likely N-dealkylation sites (tertiary alicyclic amines) is 1. The van der Waals surface area contributed by atoms with Crippen molar-refractivity contribution in [3.63, 3.8) is 0 Å². The van der Waals surface area contributed by atoms with Gasteiger partial charge in [0.25, 0.3) is 0 Å². The maximum absolute atomic E-state index is 4.79. The minimum absolute atomic E-state index is 0.623. The van der Waals surface area contributed by atoms with Gasteiger partial charge in [0.1, 0.15) is 5.82 Å². The maximum atomic E-state index is 4.79.